The first-order chi connectivity index (χ1) is 16.3. The lowest BCUT2D eigenvalue weighted by molar-refractivity contribution is 0.0974. The lowest BCUT2D eigenvalue weighted by Crippen LogP contribution is -2.43. The van der Waals surface area contributed by atoms with Gasteiger partial charge in [-0.1, -0.05) is 66.7 Å². The van der Waals surface area contributed by atoms with E-state index in [1.165, 1.54) is 0 Å². The first-order valence-electron chi connectivity index (χ1n) is 11.0. The molecular weight excluding hydrogens is 412 g/mol. The molecule has 1 N–H and O–H groups in total. The summed E-state index contributed by atoms with van der Waals surface area (Å²) in [4.78, 5) is 15.5. The van der Waals surface area contributed by atoms with Gasteiger partial charge in [-0.25, -0.2) is 0 Å². The molecule has 1 atom stereocenters. The third-order valence-corrected chi connectivity index (χ3v) is 6.06. The average molecular weight is 434 g/mol. The van der Waals surface area contributed by atoms with Crippen LogP contribution in [-0.2, 0) is 0 Å². The highest BCUT2D eigenvalue weighted by Gasteiger charge is 2.34. The van der Waals surface area contributed by atoms with E-state index in [2.05, 4.69) is 41.7 Å². The van der Waals surface area contributed by atoms with Crippen molar-refractivity contribution in [1.29, 1.82) is 0 Å². The quantitative estimate of drug-likeness (QED) is 0.436. The highest BCUT2D eigenvalue weighted by Crippen LogP contribution is 2.41. The summed E-state index contributed by atoms with van der Waals surface area (Å²) in [5.41, 5.74) is 5.51. The molecule has 0 fully saturated rings. The van der Waals surface area contributed by atoms with Gasteiger partial charge in [0.15, 0.2) is 11.5 Å². The minimum Gasteiger partial charge on any atom is -0.486 e. The van der Waals surface area contributed by atoms with Crippen LogP contribution in [-0.4, -0.2) is 19.1 Å². The van der Waals surface area contributed by atoms with Gasteiger partial charge >= 0.3 is 0 Å². The van der Waals surface area contributed by atoms with Gasteiger partial charge in [-0.05, 0) is 41.0 Å². The molecule has 0 unspecified atom stereocenters. The number of fused-ring (bicyclic) bond motifs is 2. The molecule has 162 valence electrons. The summed E-state index contributed by atoms with van der Waals surface area (Å²) < 4.78 is 11.5. The maximum Gasteiger partial charge on any atom is 0.262 e. The van der Waals surface area contributed by atoms with Crippen LogP contribution < -0.4 is 19.7 Å². The Morgan fingerprint density at radius 1 is 0.727 bits per heavy atom. The largest absolute Gasteiger partial charge is 0.486 e. The van der Waals surface area contributed by atoms with Crippen LogP contribution in [0, 0.1) is 0 Å². The molecule has 4 aromatic rings. The number of carbonyl (C=O) groups is 1. The van der Waals surface area contributed by atoms with Crippen LogP contribution in [0.5, 0.6) is 11.5 Å². The molecule has 5 nitrogen and oxygen atoms in total. The number of carbonyl (C=O) groups excluding carboxylic acids is 1. The Morgan fingerprint density at radius 2 is 1.42 bits per heavy atom. The van der Waals surface area contributed by atoms with Crippen molar-refractivity contribution in [2.75, 3.05) is 23.4 Å². The van der Waals surface area contributed by atoms with Gasteiger partial charge in [0.1, 0.15) is 19.4 Å². The third kappa shape index (κ3) is 3.48. The van der Waals surface area contributed by atoms with Crippen molar-refractivity contribution in [3.05, 3.63) is 108 Å². The number of hydrogen-bond acceptors (Lipinski definition) is 4. The van der Waals surface area contributed by atoms with Gasteiger partial charge in [0.2, 0.25) is 0 Å². The van der Waals surface area contributed by atoms with Crippen molar-refractivity contribution >= 4 is 17.3 Å². The summed E-state index contributed by atoms with van der Waals surface area (Å²) in [5, 5.41) is 3.56. The van der Waals surface area contributed by atoms with E-state index >= 15 is 0 Å². The second kappa shape index (κ2) is 8.02. The van der Waals surface area contributed by atoms with Crippen molar-refractivity contribution in [2.45, 2.75) is 6.17 Å². The van der Waals surface area contributed by atoms with E-state index in [0.717, 1.165) is 28.1 Å². The maximum atomic E-state index is 13.7. The van der Waals surface area contributed by atoms with Crippen LogP contribution in [0.25, 0.3) is 11.1 Å². The van der Waals surface area contributed by atoms with E-state index in [-0.39, 0.29) is 12.1 Å². The Balaban J connectivity index is 1.42. The first kappa shape index (κ1) is 19.4. The van der Waals surface area contributed by atoms with E-state index in [4.69, 9.17) is 9.47 Å². The zero-order valence-electron chi connectivity index (χ0n) is 17.9. The van der Waals surface area contributed by atoms with Crippen molar-refractivity contribution < 1.29 is 14.3 Å². The third-order valence-electron chi connectivity index (χ3n) is 6.06. The van der Waals surface area contributed by atoms with E-state index in [1.54, 1.807) is 4.90 Å². The molecule has 2 aliphatic rings. The maximum absolute atomic E-state index is 13.7. The van der Waals surface area contributed by atoms with Crippen LogP contribution in [0.1, 0.15) is 22.1 Å². The number of rotatable bonds is 3. The van der Waals surface area contributed by atoms with E-state index in [1.807, 2.05) is 60.7 Å². The number of nitrogens with one attached hydrogen (secondary N) is 1. The average Bonchev–Trinajstić information content (AvgIpc) is 2.89. The van der Waals surface area contributed by atoms with Crippen LogP contribution in [0.3, 0.4) is 0 Å². The number of nitrogens with zero attached hydrogens (tertiary/aromatic N) is 1. The SMILES string of the molecule is O=C1c2ccccc2N[C@H](c2ccc(-c3ccccc3)cc2)N1c1ccc2c(c1)OCCO2. The monoisotopic (exact) mass is 434 g/mol. The van der Waals surface area contributed by atoms with Crippen LogP contribution >= 0.6 is 0 Å². The molecule has 33 heavy (non-hydrogen) atoms. The Hall–Kier alpha value is -4.25. The highest BCUT2D eigenvalue weighted by atomic mass is 16.6. The summed E-state index contributed by atoms with van der Waals surface area (Å²) in [7, 11) is 0. The molecule has 4 aromatic carbocycles. The van der Waals surface area contributed by atoms with Crippen molar-refractivity contribution in [3.8, 4) is 22.6 Å². The fraction of sp³-hybridized carbons (Fsp3) is 0.107. The molecule has 0 saturated carbocycles. The fourth-order valence-electron chi connectivity index (χ4n) is 4.42. The fourth-order valence-corrected chi connectivity index (χ4v) is 4.42. The van der Waals surface area contributed by atoms with Crippen molar-refractivity contribution in [1.82, 2.24) is 0 Å². The first-order valence-corrected chi connectivity index (χ1v) is 11.0. The number of amides is 1. The Morgan fingerprint density at radius 3 is 2.24 bits per heavy atom. The zero-order valence-corrected chi connectivity index (χ0v) is 17.9. The topological polar surface area (TPSA) is 50.8 Å². The van der Waals surface area contributed by atoms with E-state index in [0.29, 0.717) is 30.3 Å². The van der Waals surface area contributed by atoms with Crippen molar-refractivity contribution in [3.63, 3.8) is 0 Å². The highest BCUT2D eigenvalue weighted by molar-refractivity contribution is 6.12. The molecule has 6 rings (SSSR count). The molecule has 0 aromatic heterocycles. The van der Waals surface area contributed by atoms with Gasteiger partial charge < -0.3 is 14.8 Å². The van der Waals surface area contributed by atoms with E-state index in [9.17, 15) is 4.79 Å². The minimum atomic E-state index is -0.361. The van der Waals surface area contributed by atoms with Crippen LogP contribution in [0.2, 0.25) is 0 Å². The normalized spacial score (nSPS) is 16.7. The number of para-hydroxylation sites is 1. The van der Waals surface area contributed by atoms with Gasteiger partial charge in [0, 0.05) is 11.8 Å². The molecule has 1 amide bonds. The van der Waals surface area contributed by atoms with E-state index < -0.39 is 0 Å². The Labute approximate surface area is 192 Å². The predicted molar refractivity (Wildman–Crippen MR) is 129 cm³/mol. The summed E-state index contributed by atoms with van der Waals surface area (Å²) in [6.07, 6.45) is -0.361. The smallest absolute Gasteiger partial charge is 0.262 e. The second-order valence-electron chi connectivity index (χ2n) is 8.08. The molecule has 0 spiro atoms. The van der Waals surface area contributed by atoms with Gasteiger partial charge in [0.05, 0.1) is 11.3 Å². The number of benzene rings is 4. The Kier molecular flexibility index (Phi) is 4.73. The predicted octanol–water partition coefficient (Wildman–Crippen LogP) is 5.90. The summed E-state index contributed by atoms with van der Waals surface area (Å²) in [6.45, 7) is 1.02. The lowest BCUT2D eigenvalue weighted by Gasteiger charge is -2.38. The summed E-state index contributed by atoms with van der Waals surface area (Å²) >= 11 is 0. The molecular formula is C28H22N2O3. The lowest BCUT2D eigenvalue weighted by atomic mass is 9.99. The molecule has 0 aliphatic carbocycles. The molecule has 2 heterocycles. The van der Waals surface area contributed by atoms with Gasteiger partial charge in [-0.2, -0.15) is 0 Å². The van der Waals surface area contributed by atoms with Crippen LogP contribution in [0.15, 0.2) is 97.1 Å². The number of ether oxygens (including phenoxy) is 2. The minimum absolute atomic E-state index is 0.0573. The van der Waals surface area contributed by atoms with Gasteiger partial charge in [0.25, 0.3) is 5.91 Å². The summed E-state index contributed by atoms with van der Waals surface area (Å²) in [5.74, 6) is 1.30. The summed E-state index contributed by atoms with van der Waals surface area (Å²) in [6, 6.07) is 31.9. The Bertz CT molecular complexity index is 1320. The molecule has 0 saturated heterocycles. The molecule has 0 radical (unpaired) electrons. The van der Waals surface area contributed by atoms with Gasteiger partial charge in [-0.15, -0.1) is 0 Å². The molecule has 2 aliphatic heterocycles. The molecule has 0 bridgehead atoms. The number of anilines is 2. The second-order valence-corrected chi connectivity index (χ2v) is 8.08. The van der Waals surface area contributed by atoms with Gasteiger partial charge in [-0.3, -0.25) is 9.69 Å². The zero-order chi connectivity index (χ0) is 22.2. The number of hydrogen-bond donors (Lipinski definition) is 1. The molecule has 5 heteroatoms. The van der Waals surface area contributed by atoms with Crippen LogP contribution in [0.4, 0.5) is 11.4 Å². The van der Waals surface area contributed by atoms with Crippen molar-refractivity contribution in [2.24, 2.45) is 0 Å². The standard InChI is InChI=1S/C28H22N2O3/c31-28-23-8-4-5-9-24(23)29-27(21-12-10-20(11-13-21)19-6-2-1-3-7-19)30(28)22-14-15-25-26(18-22)33-17-16-32-25/h1-15,18,27,29H,16-17H2/t27-/m0/s1.